The van der Waals surface area contributed by atoms with Crippen molar-refractivity contribution in [2.75, 3.05) is 20.2 Å². The number of halogens is 1. The number of hydrogen-bond donors (Lipinski definition) is 0. The number of esters is 1. The molecule has 1 aromatic carbocycles. The van der Waals surface area contributed by atoms with Crippen molar-refractivity contribution in [3.05, 3.63) is 42.9 Å². The zero-order valence-electron chi connectivity index (χ0n) is 13.1. The largest absolute Gasteiger partial charge is 0.469 e. The molecule has 0 N–H and O–H groups in total. The minimum atomic E-state index is -0.879. The number of benzene rings is 1. The summed E-state index contributed by atoms with van der Waals surface area (Å²) < 4.78 is 4.66. The standard InChI is InChI=1S/C14H14ClN3O7/c1-25-14(20)8-2-4-16(5-3-8)13(19)10-6-9(17(21)22)7-11(12(10)15)18(23)24/h6-8H,2-5H2,1H3. The minimum Gasteiger partial charge on any atom is -0.469 e. The van der Waals surface area contributed by atoms with Crippen LogP contribution in [0.25, 0.3) is 0 Å². The highest BCUT2D eigenvalue weighted by Crippen LogP contribution is 2.34. The lowest BCUT2D eigenvalue weighted by atomic mass is 9.96. The molecule has 10 nitrogen and oxygen atoms in total. The molecule has 0 radical (unpaired) electrons. The van der Waals surface area contributed by atoms with Gasteiger partial charge >= 0.3 is 5.97 Å². The van der Waals surface area contributed by atoms with Crippen LogP contribution in [0.4, 0.5) is 11.4 Å². The van der Waals surface area contributed by atoms with E-state index in [4.69, 9.17) is 11.6 Å². The molecule has 2 rings (SSSR count). The zero-order valence-corrected chi connectivity index (χ0v) is 13.9. The third kappa shape index (κ3) is 3.85. The van der Waals surface area contributed by atoms with Gasteiger partial charge in [-0.1, -0.05) is 11.6 Å². The van der Waals surface area contributed by atoms with Crippen molar-refractivity contribution in [3.63, 3.8) is 0 Å². The van der Waals surface area contributed by atoms with Crippen LogP contribution < -0.4 is 0 Å². The molecule has 134 valence electrons. The van der Waals surface area contributed by atoms with Crippen LogP contribution in [0.15, 0.2) is 12.1 Å². The normalized spacial score (nSPS) is 14.9. The number of ether oxygens (including phenoxy) is 1. The molecule has 0 aliphatic carbocycles. The third-order valence-electron chi connectivity index (χ3n) is 3.99. The zero-order chi connectivity index (χ0) is 18.7. The molecule has 0 aromatic heterocycles. The number of amides is 1. The minimum absolute atomic E-state index is 0.214. The summed E-state index contributed by atoms with van der Waals surface area (Å²) in [5, 5.41) is 21.5. The Bertz CT molecular complexity index is 744. The van der Waals surface area contributed by atoms with E-state index in [1.807, 2.05) is 0 Å². The first-order valence-corrected chi connectivity index (χ1v) is 7.63. The first kappa shape index (κ1) is 18.6. The Kier molecular flexibility index (Phi) is 5.52. The number of hydrogen-bond acceptors (Lipinski definition) is 7. The smallest absolute Gasteiger partial charge is 0.308 e. The molecule has 0 bridgehead atoms. The van der Waals surface area contributed by atoms with E-state index in [1.165, 1.54) is 12.0 Å². The number of piperidine rings is 1. The van der Waals surface area contributed by atoms with E-state index in [0.29, 0.717) is 18.9 Å². The highest BCUT2D eigenvalue weighted by molar-refractivity contribution is 6.36. The molecule has 1 fully saturated rings. The van der Waals surface area contributed by atoms with E-state index in [1.54, 1.807) is 0 Å². The molecular weight excluding hydrogens is 358 g/mol. The second kappa shape index (κ2) is 7.43. The third-order valence-corrected chi connectivity index (χ3v) is 4.39. The average molecular weight is 372 g/mol. The molecule has 25 heavy (non-hydrogen) atoms. The molecule has 0 saturated carbocycles. The number of carbonyl (C=O) groups excluding carboxylic acids is 2. The number of nitro benzene ring substituents is 2. The van der Waals surface area contributed by atoms with Gasteiger partial charge < -0.3 is 9.64 Å². The topological polar surface area (TPSA) is 133 Å². The van der Waals surface area contributed by atoms with E-state index in [-0.39, 0.29) is 30.5 Å². The van der Waals surface area contributed by atoms with Gasteiger partial charge in [0.1, 0.15) is 5.02 Å². The van der Waals surface area contributed by atoms with Crippen LogP contribution in [0.5, 0.6) is 0 Å². The summed E-state index contributed by atoms with van der Waals surface area (Å²) in [6, 6.07) is 1.63. The maximum absolute atomic E-state index is 12.6. The fourth-order valence-corrected chi connectivity index (χ4v) is 2.90. The van der Waals surface area contributed by atoms with Crippen molar-refractivity contribution in [2.45, 2.75) is 12.8 Å². The first-order valence-electron chi connectivity index (χ1n) is 7.25. The summed E-state index contributed by atoms with van der Waals surface area (Å²) in [5.41, 5.74) is -1.60. The molecule has 0 atom stereocenters. The second-order valence-corrected chi connectivity index (χ2v) is 5.81. The Morgan fingerprint density at radius 3 is 2.28 bits per heavy atom. The molecule has 0 unspecified atom stereocenters. The van der Waals surface area contributed by atoms with Crippen molar-refractivity contribution in [3.8, 4) is 0 Å². The van der Waals surface area contributed by atoms with Gasteiger partial charge in [0, 0.05) is 19.2 Å². The van der Waals surface area contributed by atoms with Gasteiger partial charge in [-0.05, 0) is 12.8 Å². The summed E-state index contributed by atoms with van der Waals surface area (Å²) in [6.07, 6.45) is 0.736. The number of methoxy groups -OCH3 is 1. The maximum Gasteiger partial charge on any atom is 0.308 e. The van der Waals surface area contributed by atoms with Crippen LogP contribution in [0.2, 0.25) is 5.02 Å². The van der Waals surface area contributed by atoms with Crippen molar-refractivity contribution in [1.82, 2.24) is 4.90 Å². The summed E-state index contributed by atoms with van der Waals surface area (Å²) in [7, 11) is 1.28. The number of carbonyl (C=O) groups is 2. The van der Waals surface area contributed by atoms with E-state index in [2.05, 4.69) is 4.74 Å². The summed E-state index contributed by atoms with van der Waals surface area (Å²) in [6.45, 7) is 0.427. The van der Waals surface area contributed by atoms with E-state index >= 15 is 0 Å². The number of non-ortho nitro benzene ring substituents is 1. The Balaban J connectivity index is 2.29. The Labute approximate surface area is 146 Å². The number of nitro groups is 2. The highest BCUT2D eigenvalue weighted by atomic mass is 35.5. The molecule has 1 aliphatic heterocycles. The van der Waals surface area contributed by atoms with Gasteiger partial charge in [-0.15, -0.1) is 0 Å². The van der Waals surface area contributed by atoms with Gasteiger partial charge in [0.2, 0.25) is 0 Å². The molecule has 11 heteroatoms. The van der Waals surface area contributed by atoms with E-state index in [0.717, 1.165) is 6.07 Å². The highest BCUT2D eigenvalue weighted by Gasteiger charge is 2.32. The van der Waals surface area contributed by atoms with Crippen LogP contribution in [-0.4, -0.2) is 46.8 Å². The number of rotatable bonds is 4. The first-order chi connectivity index (χ1) is 11.8. The van der Waals surface area contributed by atoms with E-state index < -0.39 is 32.2 Å². The Hall–Kier alpha value is -2.75. The van der Waals surface area contributed by atoms with Crippen LogP contribution >= 0.6 is 11.6 Å². The summed E-state index contributed by atoms with van der Waals surface area (Å²) in [5.74, 6) is -1.35. The maximum atomic E-state index is 12.6. The van der Waals surface area contributed by atoms with Gasteiger partial charge in [-0.25, -0.2) is 0 Å². The van der Waals surface area contributed by atoms with Crippen molar-refractivity contribution < 1.29 is 24.2 Å². The van der Waals surface area contributed by atoms with Gasteiger partial charge in [0.25, 0.3) is 17.3 Å². The van der Waals surface area contributed by atoms with Crippen LogP contribution in [0.1, 0.15) is 23.2 Å². The molecule has 0 spiro atoms. The fraction of sp³-hybridized carbons (Fsp3) is 0.429. The van der Waals surface area contributed by atoms with Crippen molar-refractivity contribution in [2.24, 2.45) is 5.92 Å². The Morgan fingerprint density at radius 2 is 1.80 bits per heavy atom. The molecule has 1 heterocycles. The number of likely N-dealkylation sites (tertiary alicyclic amines) is 1. The predicted molar refractivity (Wildman–Crippen MR) is 85.4 cm³/mol. The number of nitrogens with zero attached hydrogens (tertiary/aromatic N) is 3. The van der Waals surface area contributed by atoms with Gasteiger partial charge in [-0.2, -0.15) is 0 Å². The van der Waals surface area contributed by atoms with Crippen molar-refractivity contribution in [1.29, 1.82) is 0 Å². The molecule has 1 aliphatic rings. The van der Waals surface area contributed by atoms with Crippen molar-refractivity contribution >= 4 is 34.9 Å². The van der Waals surface area contributed by atoms with Crippen LogP contribution in [0.3, 0.4) is 0 Å². The molecular formula is C14H14ClN3O7. The SMILES string of the molecule is COC(=O)C1CCN(C(=O)c2cc([N+](=O)[O-])cc([N+](=O)[O-])c2Cl)CC1. The monoisotopic (exact) mass is 371 g/mol. The van der Waals surface area contributed by atoms with Gasteiger partial charge in [0.15, 0.2) is 0 Å². The van der Waals surface area contributed by atoms with E-state index in [9.17, 15) is 29.8 Å². The summed E-state index contributed by atoms with van der Waals surface area (Å²) >= 11 is 5.91. The fourth-order valence-electron chi connectivity index (χ4n) is 2.64. The average Bonchev–Trinajstić information content (AvgIpc) is 2.60. The molecule has 1 saturated heterocycles. The van der Waals surface area contributed by atoms with Crippen LogP contribution in [0, 0.1) is 26.1 Å². The van der Waals surface area contributed by atoms with Crippen LogP contribution in [-0.2, 0) is 9.53 Å². The lowest BCUT2D eigenvalue weighted by molar-refractivity contribution is -0.394. The lowest BCUT2D eigenvalue weighted by Crippen LogP contribution is -2.40. The molecule has 1 aromatic rings. The lowest BCUT2D eigenvalue weighted by Gasteiger charge is -2.30. The summed E-state index contributed by atoms with van der Waals surface area (Å²) in [4.78, 5) is 45.7. The molecule has 1 amide bonds. The second-order valence-electron chi connectivity index (χ2n) is 5.43. The van der Waals surface area contributed by atoms with Gasteiger partial charge in [-0.3, -0.25) is 29.8 Å². The van der Waals surface area contributed by atoms with Gasteiger partial charge in [0.05, 0.1) is 34.5 Å². The quantitative estimate of drug-likeness (QED) is 0.450. The Morgan fingerprint density at radius 1 is 1.20 bits per heavy atom. The predicted octanol–water partition coefficient (Wildman–Crippen LogP) is 2.18.